The Kier molecular flexibility index (Phi) is 5.86. The standard InChI is InChI=1S/C14H17NO5/c1-10(2)14(16)20-8-11(3)19-9-12-4-6-13(7-5-12)15(17)18/h4-7,11H,1,8-9H2,2-3H3. The van der Waals surface area contributed by atoms with E-state index >= 15 is 0 Å². The number of ether oxygens (including phenoxy) is 2. The van der Waals surface area contributed by atoms with Gasteiger partial charge in [-0.2, -0.15) is 0 Å². The van der Waals surface area contributed by atoms with Crippen LogP contribution < -0.4 is 0 Å². The van der Waals surface area contributed by atoms with Gasteiger partial charge in [0, 0.05) is 17.7 Å². The van der Waals surface area contributed by atoms with Gasteiger partial charge in [-0.3, -0.25) is 10.1 Å². The van der Waals surface area contributed by atoms with E-state index in [0.29, 0.717) is 12.2 Å². The van der Waals surface area contributed by atoms with E-state index in [0.717, 1.165) is 5.56 Å². The molecule has 0 aliphatic carbocycles. The summed E-state index contributed by atoms with van der Waals surface area (Å²) in [4.78, 5) is 21.2. The van der Waals surface area contributed by atoms with Crippen molar-refractivity contribution in [2.45, 2.75) is 26.6 Å². The van der Waals surface area contributed by atoms with E-state index in [2.05, 4.69) is 6.58 Å². The minimum absolute atomic E-state index is 0.0391. The average molecular weight is 279 g/mol. The van der Waals surface area contributed by atoms with Crippen LogP contribution in [0.5, 0.6) is 0 Å². The molecule has 1 unspecified atom stereocenters. The van der Waals surface area contributed by atoms with Crippen LogP contribution in [0.15, 0.2) is 36.4 Å². The predicted molar refractivity (Wildman–Crippen MR) is 73.1 cm³/mol. The third kappa shape index (κ3) is 5.19. The fourth-order valence-corrected chi connectivity index (χ4v) is 1.32. The molecular formula is C14H17NO5. The number of carbonyl (C=O) groups is 1. The molecule has 0 N–H and O–H groups in total. The van der Waals surface area contributed by atoms with Gasteiger partial charge in [-0.1, -0.05) is 6.58 Å². The Balaban J connectivity index is 2.37. The van der Waals surface area contributed by atoms with Crippen LogP contribution >= 0.6 is 0 Å². The number of nitrogens with zero attached hydrogens (tertiary/aromatic N) is 1. The van der Waals surface area contributed by atoms with Gasteiger partial charge in [0.25, 0.3) is 5.69 Å². The molecule has 0 bridgehead atoms. The van der Waals surface area contributed by atoms with Gasteiger partial charge < -0.3 is 9.47 Å². The minimum atomic E-state index is -0.454. The maximum Gasteiger partial charge on any atom is 0.333 e. The van der Waals surface area contributed by atoms with Crippen LogP contribution in [-0.4, -0.2) is 23.6 Å². The van der Waals surface area contributed by atoms with Crippen LogP contribution in [-0.2, 0) is 20.9 Å². The van der Waals surface area contributed by atoms with Crippen LogP contribution in [0.3, 0.4) is 0 Å². The fourth-order valence-electron chi connectivity index (χ4n) is 1.32. The zero-order chi connectivity index (χ0) is 15.1. The summed E-state index contributed by atoms with van der Waals surface area (Å²) in [5.74, 6) is -0.448. The molecule has 6 heteroatoms. The molecule has 0 fully saturated rings. The summed E-state index contributed by atoms with van der Waals surface area (Å²) in [5, 5.41) is 10.5. The Morgan fingerprint density at radius 1 is 1.40 bits per heavy atom. The third-order valence-electron chi connectivity index (χ3n) is 2.48. The zero-order valence-electron chi connectivity index (χ0n) is 11.5. The van der Waals surface area contributed by atoms with E-state index in [4.69, 9.17) is 9.47 Å². The lowest BCUT2D eigenvalue weighted by molar-refractivity contribution is -0.384. The molecule has 0 heterocycles. The van der Waals surface area contributed by atoms with Gasteiger partial charge in [-0.25, -0.2) is 4.79 Å². The summed E-state index contributed by atoms with van der Waals surface area (Å²) < 4.78 is 10.4. The predicted octanol–water partition coefficient (Wildman–Crippen LogP) is 2.62. The monoisotopic (exact) mass is 279 g/mol. The number of non-ortho nitro benzene ring substituents is 1. The average Bonchev–Trinajstić information content (AvgIpc) is 2.42. The molecule has 1 aromatic rings. The maximum absolute atomic E-state index is 11.2. The van der Waals surface area contributed by atoms with Gasteiger partial charge in [0.15, 0.2) is 0 Å². The Labute approximate surface area is 117 Å². The quantitative estimate of drug-likeness (QED) is 0.332. The lowest BCUT2D eigenvalue weighted by Crippen LogP contribution is -2.19. The van der Waals surface area contributed by atoms with Crippen molar-refractivity contribution in [2.24, 2.45) is 0 Å². The first-order valence-electron chi connectivity index (χ1n) is 6.07. The number of hydrogen-bond donors (Lipinski definition) is 0. The molecule has 1 atom stereocenters. The summed E-state index contributed by atoms with van der Waals surface area (Å²) >= 11 is 0. The number of hydrogen-bond acceptors (Lipinski definition) is 5. The number of nitro benzene ring substituents is 1. The number of nitro groups is 1. The lowest BCUT2D eigenvalue weighted by Gasteiger charge is -2.13. The highest BCUT2D eigenvalue weighted by molar-refractivity contribution is 5.86. The molecule has 0 aliphatic rings. The van der Waals surface area contributed by atoms with Crippen molar-refractivity contribution in [1.29, 1.82) is 0 Å². The van der Waals surface area contributed by atoms with Crippen molar-refractivity contribution in [3.63, 3.8) is 0 Å². The molecule has 0 aliphatic heterocycles. The van der Waals surface area contributed by atoms with Crippen molar-refractivity contribution in [1.82, 2.24) is 0 Å². The van der Waals surface area contributed by atoms with Crippen LogP contribution in [0.4, 0.5) is 5.69 Å². The molecule has 0 amide bonds. The van der Waals surface area contributed by atoms with E-state index in [-0.39, 0.29) is 18.4 Å². The van der Waals surface area contributed by atoms with Gasteiger partial charge in [0.2, 0.25) is 0 Å². The molecule has 1 aromatic carbocycles. The summed E-state index contributed by atoms with van der Waals surface area (Å²) in [5.41, 5.74) is 1.19. The molecule has 0 spiro atoms. The molecule has 20 heavy (non-hydrogen) atoms. The molecule has 6 nitrogen and oxygen atoms in total. The van der Waals surface area contributed by atoms with Gasteiger partial charge in [-0.15, -0.1) is 0 Å². The second-order valence-corrected chi connectivity index (χ2v) is 4.42. The number of rotatable bonds is 7. The second-order valence-electron chi connectivity index (χ2n) is 4.42. The highest BCUT2D eigenvalue weighted by Crippen LogP contribution is 2.13. The van der Waals surface area contributed by atoms with E-state index < -0.39 is 10.9 Å². The summed E-state index contributed by atoms with van der Waals surface area (Å²) in [6.45, 7) is 7.26. The van der Waals surface area contributed by atoms with Gasteiger partial charge in [0.05, 0.1) is 17.6 Å². The highest BCUT2D eigenvalue weighted by atomic mass is 16.6. The van der Waals surface area contributed by atoms with Crippen molar-refractivity contribution in [3.05, 3.63) is 52.1 Å². The van der Waals surface area contributed by atoms with Crippen LogP contribution in [0.1, 0.15) is 19.4 Å². The van der Waals surface area contributed by atoms with Crippen LogP contribution in [0.25, 0.3) is 0 Å². The Hall–Kier alpha value is -2.21. The maximum atomic E-state index is 11.2. The van der Waals surface area contributed by atoms with E-state index in [1.807, 2.05) is 0 Å². The molecule has 0 radical (unpaired) electrons. The topological polar surface area (TPSA) is 78.7 Å². The van der Waals surface area contributed by atoms with Crippen molar-refractivity contribution in [3.8, 4) is 0 Å². The van der Waals surface area contributed by atoms with Gasteiger partial charge >= 0.3 is 5.97 Å². The molecule has 1 rings (SSSR count). The number of esters is 1. The first-order chi connectivity index (χ1) is 9.40. The first kappa shape index (κ1) is 15.8. The fraction of sp³-hybridized carbons (Fsp3) is 0.357. The summed E-state index contributed by atoms with van der Waals surface area (Å²) in [7, 11) is 0. The van der Waals surface area contributed by atoms with Crippen molar-refractivity contribution >= 4 is 11.7 Å². The second kappa shape index (κ2) is 7.40. The number of carbonyl (C=O) groups excluding carboxylic acids is 1. The third-order valence-corrected chi connectivity index (χ3v) is 2.48. The van der Waals surface area contributed by atoms with Gasteiger partial charge in [0.1, 0.15) is 6.61 Å². The smallest absolute Gasteiger partial charge is 0.333 e. The summed E-state index contributed by atoms with van der Waals surface area (Å²) in [6.07, 6.45) is -0.270. The van der Waals surface area contributed by atoms with Crippen LogP contribution in [0.2, 0.25) is 0 Å². The van der Waals surface area contributed by atoms with Crippen LogP contribution in [0, 0.1) is 10.1 Å². The van der Waals surface area contributed by atoms with Crippen molar-refractivity contribution < 1.29 is 19.2 Å². The normalized spacial score (nSPS) is 11.7. The molecule has 0 aromatic heterocycles. The van der Waals surface area contributed by atoms with E-state index in [1.54, 1.807) is 26.0 Å². The largest absolute Gasteiger partial charge is 0.460 e. The molecular weight excluding hydrogens is 262 g/mol. The van der Waals surface area contributed by atoms with Crippen molar-refractivity contribution in [2.75, 3.05) is 6.61 Å². The minimum Gasteiger partial charge on any atom is -0.460 e. The number of benzene rings is 1. The van der Waals surface area contributed by atoms with E-state index in [1.165, 1.54) is 12.1 Å². The zero-order valence-corrected chi connectivity index (χ0v) is 11.5. The Bertz CT molecular complexity index is 495. The summed E-state index contributed by atoms with van der Waals surface area (Å²) in [6, 6.07) is 6.10. The Morgan fingerprint density at radius 3 is 2.50 bits per heavy atom. The molecule has 0 saturated heterocycles. The molecule has 0 saturated carbocycles. The SMILES string of the molecule is C=C(C)C(=O)OCC(C)OCc1ccc([N+](=O)[O-])cc1. The highest BCUT2D eigenvalue weighted by Gasteiger charge is 2.09. The van der Waals surface area contributed by atoms with Gasteiger partial charge in [-0.05, 0) is 31.5 Å². The van der Waals surface area contributed by atoms with E-state index in [9.17, 15) is 14.9 Å². The lowest BCUT2D eigenvalue weighted by atomic mass is 10.2. The Morgan fingerprint density at radius 2 is 2.00 bits per heavy atom. The first-order valence-corrected chi connectivity index (χ1v) is 6.07. The molecule has 108 valence electrons.